The summed E-state index contributed by atoms with van der Waals surface area (Å²) in [6, 6.07) is 1.71. The number of carbonyl (C=O) groups excluding carboxylic acids is 1. The van der Waals surface area contributed by atoms with Crippen LogP contribution in [0.4, 0.5) is 5.95 Å². The lowest BCUT2D eigenvalue weighted by atomic mass is 10.1. The molecule has 0 unspecified atom stereocenters. The molecule has 1 aliphatic heterocycles. The first-order valence-electron chi connectivity index (χ1n) is 8.24. The fourth-order valence-electron chi connectivity index (χ4n) is 3.55. The summed E-state index contributed by atoms with van der Waals surface area (Å²) < 4.78 is 0. The molecule has 2 heterocycles. The van der Waals surface area contributed by atoms with Crippen LogP contribution in [0.2, 0.25) is 0 Å². The van der Waals surface area contributed by atoms with Gasteiger partial charge >= 0.3 is 0 Å². The molecule has 2 aliphatic rings. The molecule has 0 bridgehead atoms. The van der Waals surface area contributed by atoms with Gasteiger partial charge in [0.1, 0.15) is 5.69 Å². The lowest BCUT2D eigenvalue weighted by molar-refractivity contribution is 0.0612. The molecule has 6 heteroatoms. The van der Waals surface area contributed by atoms with E-state index in [0.29, 0.717) is 5.69 Å². The summed E-state index contributed by atoms with van der Waals surface area (Å²) in [6.07, 6.45) is 5.52. The highest BCUT2D eigenvalue weighted by atomic mass is 16.2. The molecule has 6 nitrogen and oxygen atoms in total. The monoisotopic (exact) mass is 303 g/mol. The van der Waals surface area contributed by atoms with E-state index >= 15 is 0 Å². The number of aryl methyl sites for hydroxylation is 1. The second-order valence-electron chi connectivity index (χ2n) is 6.50. The Morgan fingerprint density at radius 3 is 2.55 bits per heavy atom. The van der Waals surface area contributed by atoms with Crippen LogP contribution < -0.4 is 5.73 Å². The van der Waals surface area contributed by atoms with Crippen molar-refractivity contribution in [2.75, 3.05) is 38.5 Å². The zero-order valence-electron chi connectivity index (χ0n) is 13.3. The number of anilines is 1. The first-order valence-corrected chi connectivity index (χ1v) is 8.24. The minimum Gasteiger partial charge on any atom is -0.368 e. The summed E-state index contributed by atoms with van der Waals surface area (Å²) >= 11 is 0. The van der Waals surface area contributed by atoms with Gasteiger partial charge < -0.3 is 10.6 Å². The third-order valence-electron chi connectivity index (χ3n) is 4.74. The molecule has 0 atom stereocenters. The Kier molecular flexibility index (Phi) is 4.57. The van der Waals surface area contributed by atoms with Crippen LogP contribution in [-0.2, 0) is 0 Å². The maximum atomic E-state index is 12.5. The number of hydrogen-bond acceptors (Lipinski definition) is 5. The Balaban J connectivity index is 1.55. The third kappa shape index (κ3) is 3.55. The van der Waals surface area contributed by atoms with Crippen molar-refractivity contribution in [2.45, 2.75) is 32.6 Å². The second kappa shape index (κ2) is 6.60. The zero-order valence-corrected chi connectivity index (χ0v) is 13.3. The number of nitrogens with two attached hydrogens (primary N) is 1. The molecule has 2 N–H and O–H groups in total. The van der Waals surface area contributed by atoms with Gasteiger partial charge in [-0.25, -0.2) is 9.97 Å². The molecule has 0 aromatic carbocycles. The lowest BCUT2D eigenvalue weighted by Gasteiger charge is -2.35. The van der Waals surface area contributed by atoms with E-state index in [4.69, 9.17) is 5.73 Å². The average molecular weight is 303 g/mol. The van der Waals surface area contributed by atoms with Gasteiger partial charge in [0.05, 0.1) is 0 Å². The average Bonchev–Trinajstić information content (AvgIpc) is 2.99. The van der Waals surface area contributed by atoms with Gasteiger partial charge in [0.25, 0.3) is 5.91 Å². The van der Waals surface area contributed by atoms with Crippen molar-refractivity contribution >= 4 is 11.9 Å². The molecule has 0 spiro atoms. The van der Waals surface area contributed by atoms with Gasteiger partial charge in [-0.05, 0) is 31.7 Å². The van der Waals surface area contributed by atoms with Gasteiger partial charge in [0.15, 0.2) is 0 Å². The van der Waals surface area contributed by atoms with E-state index in [-0.39, 0.29) is 11.9 Å². The highest BCUT2D eigenvalue weighted by Crippen LogP contribution is 2.25. The van der Waals surface area contributed by atoms with Gasteiger partial charge in [-0.15, -0.1) is 0 Å². The predicted octanol–water partition coefficient (Wildman–Crippen LogP) is 1.32. The number of aromatic nitrogens is 2. The number of nitrogens with zero attached hydrogens (tertiary/aromatic N) is 4. The SMILES string of the molecule is Cc1cc(C(=O)N2CCN(CC3CCCC3)CC2)nc(N)n1. The second-order valence-corrected chi connectivity index (χ2v) is 6.50. The molecule has 1 saturated carbocycles. The fourth-order valence-corrected chi connectivity index (χ4v) is 3.55. The number of rotatable bonds is 3. The Morgan fingerprint density at radius 2 is 1.91 bits per heavy atom. The van der Waals surface area contributed by atoms with Gasteiger partial charge in [0.2, 0.25) is 5.95 Å². The van der Waals surface area contributed by atoms with Crippen molar-refractivity contribution in [1.29, 1.82) is 0 Å². The number of hydrogen-bond donors (Lipinski definition) is 1. The van der Waals surface area contributed by atoms with Crippen molar-refractivity contribution in [3.63, 3.8) is 0 Å². The van der Waals surface area contributed by atoms with Crippen LogP contribution in [0, 0.1) is 12.8 Å². The molecule has 1 saturated heterocycles. The molecule has 2 fully saturated rings. The zero-order chi connectivity index (χ0) is 15.5. The fraction of sp³-hybridized carbons (Fsp3) is 0.688. The summed E-state index contributed by atoms with van der Waals surface area (Å²) in [6.45, 7) is 6.49. The van der Waals surface area contributed by atoms with Crippen molar-refractivity contribution in [2.24, 2.45) is 5.92 Å². The highest BCUT2D eigenvalue weighted by Gasteiger charge is 2.25. The van der Waals surface area contributed by atoms with Gasteiger partial charge in [-0.1, -0.05) is 12.8 Å². The standard InChI is InChI=1S/C16H25N5O/c1-12-10-14(19-16(17)18-12)15(22)21-8-6-20(7-9-21)11-13-4-2-3-5-13/h10,13H,2-9,11H2,1H3,(H2,17,18,19). The minimum absolute atomic E-state index is 0.0299. The summed E-state index contributed by atoms with van der Waals surface area (Å²) in [5, 5.41) is 0. The molecule has 0 radical (unpaired) electrons. The summed E-state index contributed by atoms with van der Waals surface area (Å²) in [7, 11) is 0. The minimum atomic E-state index is -0.0299. The van der Waals surface area contributed by atoms with Crippen LogP contribution in [0.25, 0.3) is 0 Å². The molecule has 120 valence electrons. The number of piperazine rings is 1. The first-order chi connectivity index (χ1) is 10.6. The van der Waals surface area contributed by atoms with Gasteiger partial charge in [-0.2, -0.15) is 0 Å². The Bertz CT molecular complexity index is 513. The van der Waals surface area contributed by atoms with E-state index < -0.39 is 0 Å². The molecular formula is C16H25N5O. The molecule has 1 aliphatic carbocycles. The summed E-state index contributed by atoms with van der Waals surface area (Å²) in [5.74, 6) is 1.01. The normalized spacial score (nSPS) is 20.5. The van der Waals surface area contributed by atoms with Crippen LogP contribution in [0.15, 0.2) is 6.07 Å². The van der Waals surface area contributed by atoms with E-state index in [0.717, 1.165) is 37.8 Å². The Hall–Kier alpha value is -1.69. The maximum absolute atomic E-state index is 12.5. The smallest absolute Gasteiger partial charge is 0.272 e. The van der Waals surface area contributed by atoms with Crippen LogP contribution in [0.5, 0.6) is 0 Å². The van der Waals surface area contributed by atoms with Gasteiger partial charge in [0, 0.05) is 38.4 Å². The topological polar surface area (TPSA) is 75.4 Å². The van der Waals surface area contributed by atoms with Crippen LogP contribution in [-0.4, -0.2) is 58.4 Å². The quantitative estimate of drug-likeness (QED) is 0.911. The largest absolute Gasteiger partial charge is 0.368 e. The van der Waals surface area contributed by atoms with E-state index in [2.05, 4.69) is 14.9 Å². The van der Waals surface area contributed by atoms with Crippen molar-refractivity contribution in [3.05, 3.63) is 17.5 Å². The molecule has 3 rings (SSSR count). The van der Waals surface area contributed by atoms with Gasteiger partial charge in [-0.3, -0.25) is 9.69 Å². The van der Waals surface area contributed by atoms with Crippen LogP contribution >= 0.6 is 0 Å². The van der Waals surface area contributed by atoms with E-state index in [1.807, 2.05) is 11.8 Å². The van der Waals surface area contributed by atoms with E-state index in [1.165, 1.54) is 32.2 Å². The predicted molar refractivity (Wildman–Crippen MR) is 85.5 cm³/mol. The van der Waals surface area contributed by atoms with E-state index in [1.54, 1.807) is 6.07 Å². The molecule has 1 amide bonds. The lowest BCUT2D eigenvalue weighted by Crippen LogP contribution is -2.49. The number of carbonyl (C=O) groups is 1. The third-order valence-corrected chi connectivity index (χ3v) is 4.74. The summed E-state index contributed by atoms with van der Waals surface area (Å²) in [5.41, 5.74) is 6.78. The van der Waals surface area contributed by atoms with Crippen molar-refractivity contribution in [3.8, 4) is 0 Å². The number of nitrogen functional groups attached to an aromatic ring is 1. The Labute approximate surface area is 131 Å². The van der Waals surface area contributed by atoms with Crippen molar-refractivity contribution in [1.82, 2.24) is 19.8 Å². The van der Waals surface area contributed by atoms with Crippen LogP contribution in [0.3, 0.4) is 0 Å². The van der Waals surface area contributed by atoms with Crippen molar-refractivity contribution < 1.29 is 4.79 Å². The maximum Gasteiger partial charge on any atom is 0.272 e. The highest BCUT2D eigenvalue weighted by molar-refractivity contribution is 5.92. The first kappa shape index (κ1) is 15.2. The van der Waals surface area contributed by atoms with Crippen LogP contribution in [0.1, 0.15) is 41.9 Å². The van der Waals surface area contributed by atoms with E-state index in [9.17, 15) is 4.79 Å². The molecular weight excluding hydrogens is 278 g/mol. The molecule has 1 aromatic heterocycles. The number of amides is 1. The summed E-state index contributed by atoms with van der Waals surface area (Å²) in [4.78, 5) is 25.0. The Morgan fingerprint density at radius 1 is 1.23 bits per heavy atom. The molecule has 22 heavy (non-hydrogen) atoms. The molecule has 1 aromatic rings.